The number of fused-ring (bicyclic) bond motifs is 5. The minimum atomic E-state index is -0.153. The standard InChI is InChI=1S/C33H58O2/c1-23(2)10-9-11-24(3)28-15-16-29-27-14-13-26-22-25(31(35)12-7-6-8-21-34)17-19-32(26,4)30(27)18-20-33(28,29)5/h13,23-25,27-31,34-35H,6-12,14-22H2,1-5H3/t24-,25?,27?,28-,29?,30?,31?,32+,33-/m1/s1. The van der Waals surface area contributed by atoms with E-state index in [9.17, 15) is 5.11 Å². The average Bonchev–Trinajstić information content (AvgIpc) is 3.18. The highest BCUT2D eigenvalue weighted by Gasteiger charge is 2.59. The lowest BCUT2D eigenvalue weighted by molar-refractivity contribution is -0.0574. The number of aliphatic hydroxyl groups is 2. The fourth-order valence-corrected chi connectivity index (χ4v) is 9.92. The van der Waals surface area contributed by atoms with Crippen LogP contribution in [0, 0.1) is 52.3 Å². The lowest BCUT2D eigenvalue weighted by Gasteiger charge is -2.59. The predicted molar refractivity (Wildman–Crippen MR) is 148 cm³/mol. The number of hydrogen-bond acceptors (Lipinski definition) is 2. The minimum Gasteiger partial charge on any atom is -0.396 e. The first-order valence-corrected chi connectivity index (χ1v) is 15.7. The van der Waals surface area contributed by atoms with Crippen molar-refractivity contribution in [2.24, 2.45) is 52.3 Å². The summed E-state index contributed by atoms with van der Waals surface area (Å²) in [6.07, 6.45) is 21.4. The molecule has 0 aromatic carbocycles. The van der Waals surface area contributed by atoms with E-state index in [1.807, 2.05) is 0 Å². The first kappa shape index (κ1) is 27.7. The van der Waals surface area contributed by atoms with Gasteiger partial charge in [0.2, 0.25) is 0 Å². The van der Waals surface area contributed by atoms with Crippen LogP contribution in [0.3, 0.4) is 0 Å². The van der Waals surface area contributed by atoms with Gasteiger partial charge in [-0.15, -0.1) is 0 Å². The van der Waals surface area contributed by atoms with Crippen molar-refractivity contribution >= 4 is 0 Å². The summed E-state index contributed by atoms with van der Waals surface area (Å²) >= 11 is 0. The molecule has 9 atom stereocenters. The zero-order chi connectivity index (χ0) is 25.2. The van der Waals surface area contributed by atoms with Crippen LogP contribution in [0.2, 0.25) is 0 Å². The van der Waals surface area contributed by atoms with E-state index in [0.29, 0.717) is 16.7 Å². The molecule has 0 aromatic heterocycles. The lowest BCUT2D eigenvalue weighted by atomic mass is 9.46. The zero-order valence-corrected chi connectivity index (χ0v) is 23.9. The Labute approximate surface area is 217 Å². The summed E-state index contributed by atoms with van der Waals surface area (Å²) in [5.41, 5.74) is 2.67. The molecule has 3 fully saturated rings. The molecular weight excluding hydrogens is 428 g/mol. The van der Waals surface area contributed by atoms with E-state index in [1.54, 1.807) is 5.57 Å². The second-order valence-corrected chi connectivity index (χ2v) is 14.4. The molecule has 0 aromatic rings. The van der Waals surface area contributed by atoms with Crippen LogP contribution >= 0.6 is 0 Å². The van der Waals surface area contributed by atoms with Gasteiger partial charge in [-0.1, -0.05) is 78.4 Å². The second kappa shape index (κ2) is 11.6. The van der Waals surface area contributed by atoms with Crippen molar-refractivity contribution in [3.63, 3.8) is 0 Å². The summed E-state index contributed by atoms with van der Waals surface area (Å²) in [6.45, 7) is 12.9. The normalized spacial score (nSPS) is 40.6. The van der Waals surface area contributed by atoms with Crippen molar-refractivity contribution in [3.05, 3.63) is 11.6 Å². The Bertz CT molecular complexity index is 712. The van der Waals surface area contributed by atoms with Crippen LogP contribution in [0.1, 0.15) is 131 Å². The number of hydrogen-bond donors (Lipinski definition) is 2. The highest BCUT2D eigenvalue weighted by molar-refractivity contribution is 5.25. The molecule has 4 rings (SSSR count). The molecule has 2 nitrogen and oxygen atoms in total. The summed E-state index contributed by atoms with van der Waals surface area (Å²) in [5, 5.41) is 19.9. The second-order valence-electron chi connectivity index (χ2n) is 14.4. The molecule has 4 aliphatic rings. The molecule has 0 amide bonds. The highest BCUT2D eigenvalue weighted by Crippen LogP contribution is 2.67. The van der Waals surface area contributed by atoms with Gasteiger partial charge in [0.25, 0.3) is 0 Å². The van der Waals surface area contributed by atoms with Gasteiger partial charge in [0.15, 0.2) is 0 Å². The topological polar surface area (TPSA) is 40.5 Å². The summed E-state index contributed by atoms with van der Waals surface area (Å²) in [5.74, 6) is 5.83. The molecule has 2 heteroatoms. The molecule has 2 N–H and O–H groups in total. The molecule has 4 aliphatic carbocycles. The smallest absolute Gasteiger partial charge is 0.0571 e. The Kier molecular flexibility index (Phi) is 9.17. The molecule has 0 aliphatic heterocycles. The summed E-state index contributed by atoms with van der Waals surface area (Å²) in [4.78, 5) is 0. The quantitative estimate of drug-likeness (QED) is 0.227. The first-order valence-electron chi connectivity index (χ1n) is 15.7. The fraction of sp³-hybridized carbons (Fsp3) is 0.939. The highest BCUT2D eigenvalue weighted by atomic mass is 16.3. The molecule has 35 heavy (non-hydrogen) atoms. The zero-order valence-electron chi connectivity index (χ0n) is 23.9. The van der Waals surface area contributed by atoms with E-state index < -0.39 is 0 Å². The van der Waals surface area contributed by atoms with Crippen LogP contribution in [0.5, 0.6) is 0 Å². The third-order valence-corrected chi connectivity index (χ3v) is 12.0. The van der Waals surface area contributed by atoms with E-state index in [4.69, 9.17) is 5.11 Å². The van der Waals surface area contributed by atoms with E-state index in [-0.39, 0.29) is 12.7 Å². The SMILES string of the molecule is CC(C)CCC[C@@H](C)[C@H]1CCC2C3CC=C4CC(C(O)CCCCCO)CC[C@]4(C)C3CC[C@@]21C. The molecule has 0 spiro atoms. The number of allylic oxidation sites excluding steroid dienone is 2. The predicted octanol–water partition coefficient (Wildman–Crippen LogP) is 8.56. The summed E-state index contributed by atoms with van der Waals surface area (Å²) in [7, 11) is 0. The molecule has 0 bridgehead atoms. The average molecular weight is 487 g/mol. The Balaban J connectivity index is 1.39. The molecule has 0 radical (unpaired) electrons. The Hall–Kier alpha value is -0.340. The maximum absolute atomic E-state index is 10.9. The molecule has 0 saturated heterocycles. The molecule has 0 heterocycles. The van der Waals surface area contributed by atoms with Crippen molar-refractivity contribution in [3.8, 4) is 0 Å². The van der Waals surface area contributed by atoms with Gasteiger partial charge in [-0.3, -0.25) is 0 Å². The Morgan fingerprint density at radius 2 is 1.69 bits per heavy atom. The Morgan fingerprint density at radius 1 is 0.886 bits per heavy atom. The third-order valence-electron chi connectivity index (χ3n) is 12.0. The van der Waals surface area contributed by atoms with Crippen molar-refractivity contribution < 1.29 is 10.2 Å². The number of unbranched alkanes of at least 4 members (excludes halogenated alkanes) is 2. The van der Waals surface area contributed by atoms with Crippen molar-refractivity contribution in [2.45, 2.75) is 137 Å². The maximum Gasteiger partial charge on any atom is 0.0571 e. The van der Waals surface area contributed by atoms with E-state index >= 15 is 0 Å². The maximum atomic E-state index is 10.9. The molecular formula is C33H58O2. The number of aliphatic hydroxyl groups excluding tert-OH is 2. The van der Waals surface area contributed by atoms with Gasteiger partial charge in [-0.2, -0.15) is 0 Å². The summed E-state index contributed by atoms with van der Waals surface area (Å²) < 4.78 is 0. The molecule has 3 saturated carbocycles. The van der Waals surface area contributed by atoms with Crippen LogP contribution in [-0.2, 0) is 0 Å². The van der Waals surface area contributed by atoms with Gasteiger partial charge in [0, 0.05) is 6.61 Å². The summed E-state index contributed by atoms with van der Waals surface area (Å²) in [6, 6.07) is 0. The van der Waals surface area contributed by atoms with Gasteiger partial charge in [-0.25, -0.2) is 0 Å². The number of rotatable bonds is 11. The largest absolute Gasteiger partial charge is 0.396 e. The van der Waals surface area contributed by atoms with Crippen molar-refractivity contribution in [2.75, 3.05) is 6.61 Å². The minimum absolute atomic E-state index is 0.153. The van der Waals surface area contributed by atoms with Crippen LogP contribution < -0.4 is 0 Å². The van der Waals surface area contributed by atoms with Crippen LogP contribution in [0.15, 0.2) is 11.6 Å². The third kappa shape index (κ3) is 5.59. The van der Waals surface area contributed by atoms with Gasteiger partial charge in [-0.05, 0) is 116 Å². The Morgan fingerprint density at radius 3 is 2.43 bits per heavy atom. The van der Waals surface area contributed by atoms with E-state index in [1.165, 1.54) is 64.2 Å². The van der Waals surface area contributed by atoms with Gasteiger partial charge < -0.3 is 10.2 Å². The van der Waals surface area contributed by atoms with Crippen molar-refractivity contribution in [1.29, 1.82) is 0 Å². The van der Waals surface area contributed by atoms with E-state index in [0.717, 1.165) is 67.6 Å². The van der Waals surface area contributed by atoms with Crippen LogP contribution in [0.4, 0.5) is 0 Å². The van der Waals surface area contributed by atoms with Gasteiger partial charge in [0.1, 0.15) is 0 Å². The molecule has 202 valence electrons. The van der Waals surface area contributed by atoms with Gasteiger partial charge in [0.05, 0.1) is 6.10 Å². The fourth-order valence-electron chi connectivity index (χ4n) is 9.92. The first-order chi connectivity index (χ1) is 16.7. The van der Waals surface area contributed by atoms with Crippen LogP contribution in [-0.4, -0.2) is 22.9 Å². The van der Waals surface area contributed by atoms with E-state index in [2.05, 4.69) is 40.7 Å². The van der Waals surface area contributed by atoms with Crippen LogP contribution in [0.25, 0.3) is 0 Å². The lowest BCUT2D eigenvalue weighted by Crippen LogP contribution is -2.51. The monoisotopic (exact) mass is 486 g/mol. The van der Waals surface area contributed by atoms with Crippen molar-refractivity contribution in [1.82, 2.24) is 0 Å². The van der Waals surface area contributed by atoms with Gasteiger partial charge >= 0.3 is 0 Å². The molecule has 5 unspecified atom stereocenters.